The van der Waals surface area contributed by atoms with Crippen molar-refractivity contribution in [1.29, 1.82) is 0 Å². The summed E-state index contributed by atoms with van der Waals surface area (Å²) in [4.78, 5) is 28.4. The van der Waals surface area contributed by atoms with Crippen LogP contribution in [0.2, 0.25) is 5.02 Å². The molecule has 0 radical (unpaired) electrons. The van der Waals surface area contributed by atoms with E-state index in [0.29, 0.717) is 33.3 Å². The summed E-state index contributed by atoms with van der Waals surface area (Å²) >= 11 is 6.28. The van der Waals surface area contributed by atoms with E-state index in [-0.39, 0.29) is 11.6 Å². The Kier molecular flexibility index (Phi) is 5.76. The standard InChI is InChI=1S/C26H23ClN2O3/c1-15-9-11-19(17(3)13-15)23-24(28-18-10-12-22(32-4)20(27)14-18)26(31)29(25(23)30)21-8-6-5-7-16(21)2/h5-14,28H,1-4H3. The van der Waals surface area contributed by atoms with Gasteiger partial charge in [0.1, 0.15) is 11.4 Å². The van der Waals surface area contributed by atoms with Crippen molar-refractivity contribution in [3.05, 3.63) is 93.6 Å². The highest BCUT2D eigenvalue weighted by atomic mass is 35.5. The maximum atomic E-state index is 13.6. The normalized spacial score (nSPS) is 13.7. The highest BCUT2D eigenvalue weighted by Crippen LogP contribution is 2.37. The smallest absolute Gasteiger partial charge is 0.282 e. The predicted molar refractivity (Wildman–Crippen MR) is 128 cm³/mol. The van der Waals surface area contributed by atoms with Crippen LogP contribution in [0.5, 0.6) is 5.75 Å². The van der Waals surface area contributed by atoms with Crippen LogP contribution in [0.3, 0.4) is 0 Å². The Morgan fingerprint density at radius 1 is 0.875 bits per heavy atom. The first-order valence-electron chi connectivity index (χ1n) is 10.2. The molecule has 0 fully saturated rings. The molecule has 0 saturated carbocycles. The topological polar surface area (TPSA) is 58.6 Å². The first-order chi connectivity index (χ1) is 15.3. The van der Waals surface area contributed by atoms with E-state index in [0.717, 1.165) is 16.7 Å². The van der Waals surface area contributed by atoms with Crippen molar-refractivity contribution >= 4 is 40.4 Å². The number of para-hydroxylation sites is 1. The van der Waals surface area contributed by atoms with E-state index in [4.69, 9.17) is 16.3 Å². The van der Waals surface area contributed by atoms with Crippen LogP contribution in [-0.2, 0) is 9.59 Å². The van der Waals surface area contributed by atoms with Crippen molar-refractivity contribution in [2.75, 3.05) is 17.3 Å². The Hall–Kier alpha value is -3.57. The third kappa shape index (κ3) is 3.76. The van der Waals surface area contributed by atoms with Crippen molar-refractivity contribution in [3.8, 4) is 5.75 Å². The quantitative estimate of drug-likeness (QED) is 0.513. The van der Waals surface area contributed by atoms with E-state index >= 15 is 0 Å². The first-order valence-corrected chi connectivity index (χ1v) is 10.6. The van der Waals surface area contributed by atoms with Gasteiger partial charge in [-0.25, -0.2) is 4.90 Å². The molecule has 0 saturated heterocycles. The van der Waals surface area contributed by atoms with Crippen LogP contribution in [-0.4, -0.2) is 18.9 Å². The molecule has 6 heteroatoms. The van der Waals surface area contributed by atoms with Crippen molar-refractivity contribution in [2.24, 2.45) is 0 Å². The summed E-state index contributed by atoms with van der Waals surface area (Å²) in [5.74, 6) is -0.249. The molecule has 0 aromatic heterocycles. The average Bonchev–Trinajstić information content (AvgIpc) is 2.98. The number of carbonyl (C=O) groups excluding carboxylic acids is 2. The van der Waals surface area contributed by atoms with Crippen molar-refractivity contribution in [2.45, 2.75) is 20.8 Å². The summed E-state index contributed by atoms with van der Waals surface area (Å²) in [7, 11) is 1.54. The number of hydrogen-bond acceptors (Lipinski definition) is 4. The zero-order valence-electron chi connectivity index (χ0n) is 18.3. The van der Waals surface area contributed by atoms with Crippen LogP contribution < -0.4 is 15.0 Å². The molecule has 3 aromatic rings. The second-order valence-corrected chi connectivity index (χ2v) is 8.18. The number of anilines is 2. The molecule has 1 aliphatic rings. The minimum absolute atomic E-state index is 0.214. The molecule has 1 heterocycles. The second kappa shape index (κ2) is 8.52. The number of imide groups is 1. The van der Waals surface area contributed by atoms with Crippen LogP contribution in [0.4, 0.5) is 11.4 Å². The maximum absolute atomic E-state index is 13.6. The van der Waals surface area contributed by atoms with Crippen LogP contribution in [0.15, 0.2) is 66.4 Å². The zero-order chi connectivity index (χ0) is 23.0. The van der Waals surface area contributed by atoms with Crippen LogP contribution >= 0.6 is 11.6 Å². The van der Waals surface area contributed by atoms with Crippen molar-refractivity contribution in [3.63, 3.8) is 0 Å². The first kappa shape index (κ1) is 21.7. The van der Waals surface area contributed by atoms with Gasteiger partial charge in [-0.15, -0.1) is 0 Å². The molecule has 2 amide bonds. The summed E-state index contributed by atoms with van der Waals surface area (Å²) in [6, 6.07) is 18.3. The molecule has 5 nitrogen and oxygen atoms in total. The number of rotatable bonds is 5. The number of ether oxygens (including phenoxy) is 1. The number of aryl methyl sites for hydroxylation is 3. The van der Waals surface area contributed by atoms with Crippen LogP contribution in [0.1, 0.15) is 22.3 Å². The molecule has 0 spiro atoms. The highest BCUT2D eigenvalue weighted by Gasteiger charge is 2.41. The van der Waals surface area contributed by atoms with Gasteiger partial charge in [0.05, 0.1) is 23.4 Å². The lowest BCUT2D eigenvalue weighted by Crippen LogP contribution is -2.33. The third-order valence-electron chi connectivity index (χ3n) is 5.51. The van der Waals surface area contributed by atoms with Gasteiger partial charge < -0.3 is 10.1 Å². The number of nitrogens with one attached hydrogen (secondary N) is 1. The van der Waals surface area contributed by atoms with Crippen molar-refractivity contribution < 1.29 is 14.3 Å². The van der Waals surface area contributed by atoms with E-state index in [1.165, 1.54) is 12.0 Å². The van der Waals surface area contributed by atoms with E-state index in [2.05, 4.69) is 5.32 Å². The van der Waals surface area contributed by atoms with Gasteiger partial charge in [0.25, 0.3) is 11.8 Å². The minimum atomic E-state index is -0.411. The molecule has 0 atom stereocenters. The number of hydrogen-bond donors (Lipinski definition) is 1. The number of nitrogens with zero attached hydrogens (tertiary/aromatic N) is 1. The Balaban J connectivity index is 1.86. The Labute approximate surface area is 192 Å². The molecule has 162 valence electrons. The largest absolute Gasteiger partial charge is 0.495 e. The number of methoxy groups -OCH3 is 1. The summed E-state index contributed by atoms with van der Waals surface area (Å²) in [5, 5.41) is 3.55. The highest BCUT2D eigenvalue weighted by molar-refractivity contribution is 6.46. The number of benzene rings is 3. The summed E-state index contributed by atoms with van der Waals surface area (Å²) < 4.78 is 5.21. The fourth-order valence-electron chi connectivity index (χ4n) is 3.91. The summed E-state index contributed by atoms with van der Waals surface area (Å²) in [5.41, 5.74) is 5.25. The number of amides is 2. The number of halogens is 1. The average molecular weight is 447 g/mol. The zero-order valence-corrected chi connectivity index (χ0v) is 19.1. The summed E-state index contributed by atoms with van der Waals surface area (Å²) in [6.45, 7) is 5.80. The van der Waals surface area contributed by atoms with Gasteiger partial charge in [-0.1, -0.05) is 53.6 Å². The van der Waals surface area contributed by atoms with Gasteiger partial charge >= 0.3 is 0 Å². The van der Waals surface area contributed by atoms with Gasteiger partial charge in [0.2, 0.25) is 0 Å². The molecule has 0 aliphatic carbocycles. The maximum Gasteiger partial charge on any atom is 0.282 e. The van der Waals surface area contributed by atoms with Gasteiger partial charge in [-0.3, -0.25) is 9.59 Å². The molecular formula is C26H23ClN2O3. The Bertz CT molecular complexity index is 1280. The van der Waals surface area contributed by atoms with Crippen LogP contribution in [0, 0.1) is 20.8 Å². The molecule has 0 unspecified atom stereocenters. The molecule has 3 aromatic carbocycles. The lowest BCUT2D eigenvalue weighted by atomic mass is 9.97. The van der Waals surface area contributed by atoms with Crippen molar-refractivity contribution in [1.82, 2.24) is 0 Å². The van der Waals surface area contributed by atoms with Gasteiger partial charge in [-0.2, -0.15) is 0 Å². The fraction of sp³-hybridized carbons (Fsp3) is 0.154. The molecule has 1 N–H and O–H groups in total. The predicted octanol–water partition coefficient (Wildman–Crippen LogP) is 5.67. The summed E-state index contributed by atoms with van der Waals surface area (Å²) in [6.07, 6.45) is 0. The molecular weight excluding hydrogens is 424 g/mol. The lowest BCUT2D eigenvalue weighted by Gasteiger charge is -2.18. The monoisotopic (exact) mass is 446 g/mol. The van der Waals surface area contributed by atoms with Gasteiger partial charge in [0, 0.05) is 5.69 Å². The third-order valence-corrected chi connectivity index (χ3v) is 5.81. The van der Waals surface area contributed by atoms with Gasteiger partial charge in [0.15, 0.2) is 0 Å². The SMILES string of the molecule is COc1ccc(NC2=C(c3ccc(C)cc3C)C(=O)N(c3ccccc3C)C2=O)cc1Cl. The Morgan fingerprint density at radius 2 is 1.62 bits per heavy atom. The molecule has 32 heavy (non-hydrogen) atoms. The van der Waals surface area contributed by atoms with Gasteiger partial charge in [-0.05, 0) is 61.7 Å². The minimum Gasteiger partial charge on any atom is -0.495 e. The van der Waals surface area contributed by atoms with E-state index in [1.54, 1.807) is 24.3 Å². The van der Waals surface area contributed by atoms with Crippen LogP contribution in [0.25, 0.3) is 5.57 Å². The molecule has 0 bridgehead atoms. The lowest BCUT2D eigenvalue weighted by molar-refractivity contribution is -0.120. The second-order valence-electron chi connectivity index (χ2n) is 7.77. The molecule has 4 rings (SSSR count). The Morgan fingerprint density at radius 3 is 2.28 bits per heavy atom. The number of carbonyl (C=O) groups is 2. The van der Waals surface area contributed by atoms with E-state index in [9.17, 15) is 9.59 Å². The van der Waals surface area contributed by atoms with E-state index in [1.807, 2.05) is 57.2 Å². The van der Waals surface area contributed by atoms with E-state index < -0.39 is 5.91 Å². The molecule has 1 aliphatic heterocycles. The fourth-order valence-corrected chi connectivity index (χ4v) is 4.17.